The van der Waals surface area contributed by atoms with Gasteiger partial charge in [0, 0.05) is 33.8 Å². The minimum Gasteiger partial charge on any atom is -0.479 e. The molecule has 0 aromatic rings. The van der Waals surface area contributed by atoms with Crippen LogP contribution in [-0.4, -0.2) is 216 Å². The number of hydrogen-bond donors (Lipinski definition) is 12. The molecule has 7 rings (SSSR count). The fourth-order valence-electron chi connectivity index (χ4n) is 16.0. The van der Waals surface area contributed by atoms with Crippen LogP contribution >= 0.6 is 0 Å². The Morgan fingerprint density at radius 2 is 1.34 bits per heavy atom. The maximum Gasteiger partial charge on any atom is 0.333 e. The van der Waals surface area contributed by atoms with Crippen molar-refractivity contribution in [3.63, 3.8) is 0 Å². The lowest BCUT2D eigenvalue weighted by atomic mass is 9.32. The average molecular weight is 1170 g/mol. The number of hydrogen-bond acceptors (Lipinski definition) is 22. The van der Waals surface area contributed by atoms with Crippen LogP contribution in [0.15, 0.2) is 34.9 Å². The quantitative estimate of drug-likeness (QED) is 0.0354. The third-order valence-electron chi connectivity index (χ3n) is 21.3. The first-order chi connectivity index (χ1) is 38.3. The van der Waals surface area contributed by atoms with Gasteiger partial charge in [-0.1, -0.05) is 65.3 Å². The summed E-state index contributed by atoms with van der Waals surface area (Å²) in [5, 5.41) is 135. The van der Waals surface area contributed by atoms with Crippen molar-refractivity contribution in [2.45, 2.75) is 238 Å². The SMILES string of the molecule is C/C=C(/C)C(=O)O[C@H]1[C@H](OC(=O)/C(C)=C\C)[C@@]2(CO)C(CC1(C)C)C1=CCC3[C@@]4(C)CC[C@H](OC(OC(C)C(=O)O)C(OC5OC(CO)C(O)C(O)C5O)C(OC5O[C@@H](CO)C[C@@H]5O)C(C)O)[C@](C)(CO)C4CC[C@@]3(C)[C@]1(C)[C@@H](O)C2O. The summed E-state index contributed by atoms with van der Waals surface area (Å²) in [7, 11) is 0. The van der Waals surface area contributed by atoms with Gasteiger partial charge in [-0.15, -0.1) is 0 Å². The van der Waals surface area contributed by atoms with E-state index in [-0.39, 0.29) is 36.7 Å². The molecule has 2 saturated heterocycles. The summed E-state index contributed by atoms with van der Waals surface area (Å²) >= 11 is 0. The highest BCUT2D eigenvalue weighted by atomic mass is 16.8. The molecule has 23 nitrogen and oxygen atoms in total. The fourth-order valence-corrected chi connectivity index (χ4v) is 16.0. The highest BCUT2D eigenvalue weighted by Gasteiger charge is 2.76. The minimum absolute atomic E-state index is 0.0713. The summed E-state index contributed by atoms with van der Waals surface area (Å²) in [4.78, 5) is 40.2. The number of aliphatic carboxylic acids is 1. The summed E-state index contributed by atoms with van der Waals surface area (Å²) in [5.41, 5.74) is -5.18. The molecule has 4 saturated carbocycles. The summed E-state index contributed by atoms with van der Waals surface area (Å²) in [6.45, 7) is 18.3. The summed E-state index contributed by atoms with van der Waals surface area (Å²) in [6.07, 6.45) is -21.2. The number of fused-ring (bicyclic) bond motifs is 7. The summed E-state index contributed by atoms with van der Waals surface area (Å²) in [6, 6.07) is 0. The first-order valence-corrected chi connectivity index (χ1v) is 29.0. The Hall–Kier alpha value is -3.05. The van der Waals surface area contributed by atoms with E-state index < -0.39 is 193 Å². The second-order valence-electron chi connectivity index (χ2n) is 26.2. The molecule has 82 heavy (non-hydrogen) atoms. The number of aliphatic hydroxyl groups excluding tert-OH is 11. The van der Waals surface area contributed by atoms with Crippen molar-refractivity contribution in [2.24, 2.45) is 50.2 Å². The Balaban J connectivity index is 1.28. The molecule has 468 valence electrons. The van der Waals surface area contributed by atoms with Crippen LogP contribution in [0.2, 0.25) is 0 Å². The fraction of sp³-hybridized carbons (Fsp3) is 0.847. The van der Waals surface area contributed by atoms with Crippen LogP contribution < -0.4 is 0 Å². The van der Waals surface area contributed by atoms with Crippen molar-refractivity contribution < 1.29 is 114 Å². The van der Waals surface area contributed by atoms with Crippen molar-refractivity contribution in [2.75, 3.05) is 26.4 Å². The van der Waals surface area contributed by atoms with Crippen LogP contribution in [0.25, 0.3) is 0 Å². The van der Waals surface area contributed by atoms with Crippen molar-refractivity contribution in [3.8, 4) is 0 Å². The van der Waals surface area contributed by atoms with Crippen molar-refractivity contribution in [1.29, 1.82) is 0 Å². The lowest BCUT2D eigenvalue weighted by Gasteiger charge is -2.73. The van der Waals surface area contributed by atoms with Gasteiger partial charge in [0.25, 0.3) is 0 Å². The first kappa shape index (κ1) is 66.5. The van der Waals surface area contributed by atoms with E-state index in [0.717, 1.165) is 5.57 Å². The molecule has 26 atom stereocenters. The maximum absolute atomic E-state index is 13.9. The zero-order valence-corrected chi connectivity index (χ0v) is 49.5. The topological polar surface area (TPSA) is 368 Å². The number of aliphatic hydroxyl groups is 11. The van der Waals surface area contributed by atoms with Gasteiger partial charge in [0.05, 0.1) is 62.4 Å². The van der Waals surface area contributed by atoms with Crippen LogP contribution in [0.3, 0.4) is 0 Å². The Labute approximate surface area is 480 Å². The van der Waals surface area contributed by atoms with E-state index in [0.29, 0.717) is 31.3 Å². The number of allylic oxidation sites excluding steroid dienone is 3. The number of carbonyl (C=O) groups is 3. The number of carboxylic acid groups (broad SMARTS) is 1. The van der Waals surface area contributed by atoms with Crippen LogP contribution in [-0.2, 0) is 52.3 Å². The molecule has 5 aliphatic carbocycles. The molecule has 0 radical (unpaired) electrons. The maximum atomic E-state index is 13.9. The highest BCUT2D eigenvalue weighted by molar-refractivity contribution is 5.89. The van der Waals surface area contributed by atoms with E-state index in [1.807, 2.05) is 27.7 Å². The molecule has 2 heterocycles. The lowest BCUT2D eigenvalue weighted by molar-refractivity contribution is -0.365. The smallest absolute Gasteiger partial charge is 0.333 e. The van der Waals surface area contributed by atoms with E-state index in [9.17, 15) is 75.7 Å². The molecule has 0 aromatic heterocycles. The summed E-state index contributed by atoms with van der Waals surface area (Å²) in [5.74, 6) is -4.19. The lowest BCUT2D eigenvalue weighted by Crippen LogP contribution is -2.76. The highest BCUT2D eigenvalue weighted by Crippen LogP contribution is 2.76. The zero-order valence-electron chi connectivity index (χ0n) is 49.5. The van der Waals surface area contributed by atoms with Crippen molar-refractivity contribution in [3.05, 3.63) is 34.9 Å². The molecule has 0 aromatic carbocycles. The normalized spacial score (nSPS) is 44.7. The molecule has 0 amide bonds. The van der Waals surface area contributed by atoms with Gasteiger partial charge in [-0.05, 0) is 109 Å². The molecular weight excluding hydrogens is 1080 g/mol. The molecule has 0 bridgehead atoms. The molecule has 12 N–H and O–H groups in total. The van der Waals surface area contributed by atoms with Gasteiger partial charge < -0.3 is 99.2 Å². The van der Waals surface area contributed by atoms with E-state index in [4.69, 9.17) is 37.9 Å². The van der Waals surface area contributed by atoms with Crippen LogP contribution in [0.5, 0.6) is 0 Å². The van der Waals surface area contributed by atoms with E-state index in [1.165, 1.54) is 13.8 Å². The van der Waals surface area contributed by atoms with E-state index in [2.05, 4.69) is 19.9 Å². The average Bonchev–Trinajstić information content (AvgIpc) is 0.974. The molecule has 23 heteroatoms. The molecular formula is C59H94O23. The zero-order chi connectivity index (χ0) is 61.1. The van der Waals surface area contributed by atoms with Crippen molar-refractivity contribution in [1.82, 2.24) is 0 Å². The number of esters is 2. The van der Waals surface area contributed by atoms with Crippen LogP contribution in [0.1, 0.15) is 128 Å². The van der Waals surface area contributed by atoms with Gasteiger partial charge in [0.2, 0.25) is 0 Å². The van der Waals surface area contributed by atoms with E-state index >= 15 is 0 Å². The van der Waals surface area contributed by atoms with Crippen molar-refractivity contribution >= 4 is 17.9 Å². The summed E-state index contributed by atoms with van der Waals surface area (Å²) < 4.78 is 49.7. The molecule has 15 unspecified atom stereocenters. The Bertz CT molecular complexity index is 2380. The number of ether oxygens (including phenoxy) is 8. The predicted molar refractivity (Wildman–Crippen MR) is 288 cm³/mol. The van der Waals surface area contributed by atoms with Crippen LogP contribution in [0, 0.1) is 50.2 Å². The van der Waals surface area contributed by atoms with Gasteiger partial charge in [-0.3, -0.25) is 0 Å². The number of carboxylic acids is 1. The Morgan fingerprint density at radius 3 is 1.88 bits per heavy atom. The largest absolute Gasteiger partial charge is 0.479 e. The number of rotatable bonds is 20. The minimum atomic E-state index is -2.02. The second-order valence-corrected chi connectivity index (χ2v) is 26.2. The molecule has 7 aliphatic rings. The van der Waals surface area contributed by atoms with Gasteiger partial charge >= 0.3 is 17.9 Å². The predicted octanol–water partition coefficient (Wildman–Crippen LogP) is 1.29. The Morgan fingerprint density at radius 1 is 0.732 bits per heavy atom. The molecule has 6 fully saturated rings. The third-order valence-corrected chi connectivity index (χ3v) is 21.3. The Kier molecular flexibility index (Phi) is 20.2. The standard InChI is InChI=1S/C59H94O23/c1-13-27(3)49(73)81-46-47(82-50(74)28(4)14-2)59(26-63)33(22-54(46,7)8)32-15-16-37-55(9)19-18-38(56(10,25-62)36(55)17-20-57(37,11)58(32,12)44(69)45(59)70)78-53(75-30(6)48(71)72)43(80-52-41(68)40(67)39(66)35(24-61)77-52)42(29(5)64)79-51-34(65)21-31(23-60)76-51/h13-15,29-31,33-47,51-53,60-70H,16-26H2,1-12H3,(H,71,72)/b27-13-,28-14-/t29?,30?,31-,33?,34+,35?,36?,37?,38+,39?,40?,41?,42?,43?,44+,45?,46+,47+,51?,52?,53?,55+,56-,57-,58+,59+/m1/s1. The van der Waals surface area contributed by atoms with Gasteiger partial charge in [-0.2, -0.15) is 0 Å². The van der Waals surface area contributed by atoms with E-state index in [1.54, 1.807) is 39.8 Å². The number of carbonyl (C=O) groups excluding carboxylic acids is 2. The molecule has 2 aliphatic heterocycles. The molecule has 0 spiro atoms. The van der Waals surface area contributed by atoms with Crippen LogP contribution in [0.4, 0.5) is 0 Å². The monoisotopic (exact) mass is 1170 g/mol. The second kappa shape index (κ2) is 25.0. The van der Waals surface area contributed by atoms with Gasteiger partial charge in [-0.25, -0.2) is 14.4 Å². The van der Waals surface area contributed by atoms with Gasteiger partial charge in [0.1, 0.15) is 48.8 Å². The van der Waals surface area contributed by atoms with Gasteiger partial charge in [0.15, 0.2) is 31.1 Å². The first-order valence-electron chi connectivity index (χ1n) is 29.0. The third kappa shape index (κ3) is 11.1.